The summed E-state index contributed by atoms with van der Waals surface area (Å²) in [6.45, 7) is 5.18. The summed E-state index contributed by atoms with van der Waals surface area (Å²) in [5.41, 5.74) is 3.63. The van der Waals surface area contributed by atoms with E-state index in [0.717, 1.165) is 18.7 Å². The van der Waals surface area contributed by atoms with E-state index < -0.39 is 0 Å². The molecule has 0 aliphatic rings. The van der Waals surface area contributed by atoms with Gasteiger partial charge in [0, 0.05) is 36.7 Å². The van der Waals surface area contributed by atoms with Crippen LogP contribution in [0.3, 0.4) is 0 Å². The summed E-state index contributed by atoms with van der Waals surface area (Å²) in [6, 6.07) is 8.37. The standard InChI is InChI=1S/C15H19N3/c1-3-17-15(10-13-6-4-5-8-18-13)14-11-16-9-7-12(14)2/h4-9,11,15,17H,3,10H2,1-2H3. The molecule has 2 heterocycles. The first kappa shape index (κ1) is 12.7. The number of likely N-dealkylation sites (N-methyl/N-ethyl adjacent to an activating group) is 1. The highest BCUT2D eigenvalue weighted by atomic mass is 14.9. The van der Waals surface area contributed by atoms with Gasteiger partial charge in [-0.1, -0.05) is 13.0 Å². The van der Waals surface area contributed by atoms with Crippen LogP contribution in [0.5, 0.6) is 0 Å². The maximum atomic E-state index is 4.40. The van der Waals surface area contributed by atoms with Crippen LogP contribution in [0.15, 0.2) is 42.9 Å². The fraction of sp³-hybridized carbons (Fsp3) is 0.333. The van der Waals surface area contributed by atoms with Crippen molar-refractivity contribution in [1.82, 2.24) is 15.3 Å². The van der Waals surface area contributed by atoms with E-state index in [1.54, 1.807) is 0 Å². The zero-order chi connectivity index (χ0) is 12.8. The maximum absolute atomic E-state index is 4.40. The molecule has 0 aliphatic heterocycles. The summed E-state index contributed by atoms with van der Waals surface area (Å²) in [7, 11) is 0. The van der Waals surface area contributed by atoms with Crippen molar-refractivity contribution < 1.29 is 0 Å². The third kappa shape index (κ3) is 3.14. The normalized spacial score (nSPS) is 12.3. The minimum absolute atomic E-state index is 0.276. The third-order valence-electron chi connectivity index (χ3n) is 3.04. The van der Waals surface area contributed by atoms with Crippen LogP contribution in [0.4, 0.5) is 0 Å². The Labute approximate surface area is 108 Å². The number of nitrogens with one attached hydrogen (secondary N) is 1. The van der Waals surface area contributed by atoms with E-state index >= 15 is 0 Å². The molecular formula is C15H19N3. The molecule has 1 N–H and O–H groups in total. The van der Waals surface area contributed by atoms with Crippen molar-refractivity contribution in [3.05, 3.63) is 59.7 Å². The molecule has 0 saturated heterocycles. The average molecular weight is 241 g/mol. The zero-order valence-electron chi connectivity index (χ0n) is 10.9. The van der Waals surface area contributed by atoms with Gasteiger partial charge in [-0.05, 0) is 42.8 Å². The van der Waals surface area contributed by atoms with Gasteiger partial charge in [0.1, 0.15) is 0 Å². The van der Waals surface area contributed by atoms with Gasteiger partial charge in [-0.3, -0.25) is 9.97 Å². The topological polar surface area (TPSA) is 37.8 Å². The minimum atomic E-state index is 0.276. The monoisotopic (exact) mass is 241 g/mol. The largest absolute Gasteiger partial charge is 0.310 e. The maximum Gasteiger partial charge on any atom is 0.0422 e. The quantitative estimate of drug-likeness (QED) is 0.874. The summed E-state index contributed by atoms with van der Waals surface area (Å²) in [4.78, 5) is 8.63. The van der Waals surface area contributed by atoms with Gasteiger partial charge in [0.05, 0.1) is 0 Å². The molecule has 2 aromatic heterocycles. The van der Waals surface area contributed by atoms with E-state index in [9.17, 15) is 0 Å². The molecule has 0 saturated carbocycles. The molecule has 0 bridgehead atoms. The summed E-state index contributed by atoms with van der Waals surface area (Å²) in [5.74, 6) is 0. The lowest BCUT2D eigenvalue weighted by Gasteiger charge is -2.19. The van der Waals surface area contributed by atoms with Gasteiger partial charge >= 0.3 is 0 Å². The highest BCUT2D eigenvalue weighted by Gasteiger charge is 2.13. The Hall–Kier alpha value is -1.74. The summed E-state index contributed by atoms with van der Waals surface area (Å²) in [5, 5.41) is 3.51. The number of hydrogen-bond acceptors (Lipinski definition) is 3. The Kier molecular flexibility index (Phi) is 4.42. The molecule has 0 amide bonds. The predicted molar refractivity (Wildman–Crippen MR) is 73.3 cm³/mol. The number of hydrogen-bond donors (Lipinski definition) is 1. The smallest absolute Gasteiger partial charge is 0.0422 e. The second-order valence-corrected chi connectivity index (χ2v) is 4.37. The molecule has 2 aromatic rings. The van der Waals surface area contributed by atoms with Gasteiger partial charge in [-0.25, -0.2) is 0 Å². The highest BCUT2D eigenvalue weighted by Crippen LogP contribution is 2.19. The van der Waals surface area contributed by atoms with Crippen molar-refractivity contribution in [2.45, 2.75) is 26.3 Å². The first-order valence-electron chi connectivity index (χ1n) is 6.35. The molecule has 0 radical (unpaired) electrons. The Morgan fingerprint density at radius 1 is 1.22 bits per heavy atom. The second-order valence-electron chi connectivity index (χ2n) is 4.37. The Bertz CT molecular complexity index is 482. The van der Waals surface area contributed by atoms with Crippen molar-refractivity contribution in [2.24, 2.45) is 0 Å². The highest BCUT2D eigenvalue weighted by molar-refractivity contribution is 5.26. The van der Waals surface area contributed by atoms with Crippen LogP contribution in [0.1, 0.15) is 29.8 Å². The van der Waals surface area contributed by atoms with Gasteiger partial charge < -0.3 is 5.32 Å². The third-order valence-corrected chi connectivity index (χ3v) is 3.04. The van der Waals surface area contributed by atoms with Crippen LogP contribution in [-0.4, -0.2) is 16.5 Å². The summed E-state index contributed by atoms with van der Waals surface area (Å²) < 4.78 is 0. The van der Waals surface area contributed by atoms with Crippen molar-refractivity contribution in [3.8, 4) is 0 Å². The van der Waals surface area contributed by atoms with Crippen molar-refractivity contribution in [2.75, 3.05) is 6.54 Å². The Morgan fingerprint density at radius 2 is 2.11 bits per heavy atom. The van der Waals surface area contributed by atoms with Crippen LogP contribution < -0.4 is 5.32 Å². The molecule has 0 spiro atoms. The van der Waals surface area contributed by atoms with E-state index in [-0.39, 0.29) is 6.04 Å². The van der Waals surface area contributed by atoms with E-state index in [4.69, 9.17) is 0 Å². The molecular weight excluding hydrogens is 222 g/mol. The Balaban J connectivity index is 2.21. The molecule has 18 heavy (non-hydrogen) atoms. The lowest BCUT2D eigenvalue weighted by molar-refractivity contribution is 0.540. The molecule has 0 aliphatic carbocycles. The first-order valence-corrected chi connectivity index (χ1v) is 6.35. The number of aryl methyl sites for hydroxylation is 1. The molecule has 0 aromatic carbocycles. The predicted octanol–water partition coefficient (Wildman–Crippen LogP) is 2.68. The van der Waals surface area contributed by atoms with Crippen molar-refractivity contribution in [3.63, 3.8) is 0 Å². The van der Waals surface area contributed by atoms with Gasteiger partial charge in [-0.15, -0.1) is 0 Å². The second kappa shape index (κ2) is 6.26. The zero-order valence-corrected chi connectivity index (χ0v) is 10.9. The lowest BCUT2D eigenvalue weighted by Crippen LogP contribution is -2.24. The minimum Gasteiger partial charge on any atom is -0.310 e. The molecule has 3 nitrogen and oxygen atoms in total. The summed E-state index contributed by atoms with van der Waals surface area (Å²) >= 11 is 0. The molecule has 1 unspecified atom stereocenters. The molecule has 1 atom stereocenters. The van der Waals surface area contributed by atoms with Gasteiger partial charge in [-0.2, -0.15) is 0 Å². The number of rotatable bonds is 5. The van der Waals surface area contributed by atoms with E-state index in [0.29, 0.717) is 0 Å². The van der Waals surface area contributed by atoms with E-state index in [2.05, 4.69) is 41.3 Å². The Morgan fingerprint density at radius 3 is 2.78 bits per heavy atom. The van der Waals surface area contributed by atoms with Gasteiger partial charge in [0.25, 0.3) is 0 Å². The van der Waals surface area contributed by atoms with Crippen molar-refractivity contribution >= 4 is 0 Å². The average Bonchev–Trinajstić information content (AvgIpc) is 2.40. The van der Waals surface area contributed by atoms with Gasteiger partial charge in [0.2, 0.25) is 0 Å². The van der Waals surface area contributed by atoms with Gasteiger partial charge in [0.15, 0.2) is 0 Å². The fourth-order valence-corrected chi connectivity index (χ4v) is 2.11. The molecule has 3 heteroatoms. The van der Waals surface area contributed by atoms with Crippen LogP contribution in [0.2, 0.25) is 0 Å². The van der Waals surface area contributed by atoms with Crippen molar-refractivity contribution in [1.29, 1.82) is 0 Å². The molecule has 2 rings (SSSR count). The van der Waals surface area contributed by atoms with E-state index in [1.165, 1.54) is 11.1 Å². The SMILES string of the molecule is CCNC(Cc1ccccn1)c1cnccc1C. The molecule has 94 valence electrons. The van der Waals surface area contributed by atoms with Crippen LogP contribution in [-0.2, 0) is 6.42 Å². The number of pyridine rings is 2. The fourth-order valence-electron chi connectivity index (χ4n) is 2.11. The van der Waals surface area contributed by atoms with Crippen LogP contribution in [0, 0.1) is 6.92 Å². The van der Waals surface area contributed by atoms with Crippen LogP contribution in [0.25, 0.3) is 0 Å². The summed E-state index contributed by atoms with van der Waals surface area (Å²) in [6.07, 6.45) is 6.52. The van der Waals surface area contributed by atoms with E-state index in [1.807, 2.05) is 30.7 Å². The van der Waals surface area contributed by atoms with Crippen LogP contribution >= 0.6 is 0 Å². The number of nitrogens with zero attached hydrogens (tertiary/aromatic N) is 2. The lowest BCUT2D eigenvalue weighted by atomic mass is 9.99. The first-order chi connectivity index (χ1) is 8.81. The molecule has 0 fully saturated rings. The number of aromatic nitrogens is 2.